The molecule has 0 bridgehead atoms. The van der Waals surface area contributed by atoms with Gasteiger partial charge in [-0.3, -0.25) is 4.90 Å². The normalized spacial score (nSPS) is 23.6. The van der Waals surface area contributed by atoms with E-state index in [1.807, 2.05) is 6.92 Å². The Morgan fingerprint density at radius 3 is 2.44 bits per heavy atom. The average Bonchev–Trinajstić information content (AvgIpc) is 2.42. The maximum absolute atomic E-state index is 12.0. The minimum Gasteiger partial charge on any atom is -0.307 e. The third kappa shape index (κ3) is 3.94. The lowest BCUT2D eigenvalue weighted by atomic mass is 10.0. The molecule has 0 spiro atoms. The van der Waals surface area contributed by atoms with E-state index in [0.717, 1.165) is 19.4 Å². The molecular weight excluding hydrogens is 217 g/mol. The first-order chi connectivity index (χ1) is 7.22. The number of halogens is 3. The Bertz CT molecular complexity index is 226. The van der Waals surface area contributed by atoms with Gasteiger partial charge >= 0.3 is 6.18 Å². The summed E-state index contributed by atoms with van der Waals surface area (Å²) in [5, 5.41) is 2.47. The van der Waals surface area contributed by atoms with Crippen LogP contribution in [0.4, 0.5) is 13.2 Å². The molecule has 0 saturated carbocycles. The molecule has 1 atom stereocenters. The van der Waals surface area contributed by atoms with Crippen LogP contribution in [-0.2, 0) is 0 Å². The molecule has 0 aromatic carbocycles. The van der Waals surface area contributed by atoms with Gasteiger partial charge in [-0.15, -0.1) is 0 Å². The number of hydrogen-bond acceptors (Lipinski definition) is 2. The van der Waals surface area contributed by atoms with Gasteiger partial charge < -0.3 is 5.32 Å². The molecule has 0 aliphatic carbocycles. The van der Waals surface area contributed by atoms with Crippen LogP contribution in [0.25, 0.3) is 0 Å². The molecule has 0 aromatic rings. The van der Waals surface area contributed by atoms with Gasteiger partial charge in [0.25, 0.3) is 0 Å². The second kappa shape index (κ2) is 4.92. The molecule has 1 heterocycles. The van der Waals surface area contributed by atoms with E-state index in [2.05, 4.69) is 24.1 Å². The molecule has 1 aliphatic rings. The summed E-state index contributed by atoms with van der Waals surface area (Å²) >= 11 is 0. The van der Waals surface area contributed by atoms with Crippen LogP contribution in [0.3, 0.4) is 0 Å². The van der Waals surface area contributed by atoms with Gasteiger partial charge in [-0.1, -0.05) is 0 Å². The van der Waals surface area contributed by atoms with Crippen molar-refractivity contribution in [1.29, 1.82) is 0 Å². The molecule has 0 amide bonds. The Morgan fingerprint density at radius 2 is 2.00 bits per heavy atom. The molecule has 1 rings (SSSR count). The number of alkyl halides is 3. The van der Waals surface area contributed by atoms with Crippen molar-refractivity contribution in [2.24, 2.45) is 0 Å². The third-order valence-corrected chi connectivity index (χ3v) is 3.26. The van der Waals surface area contributed by atoms with Crippen molar-refractivity contribution in [3.05, 3.63) is 0 Å². The molecule has 5 heteroatoms. The van der Waals surface area contributed by atoms with E-state index in [-0.39, 0.29) is 11.6 Å². The summed E-state index contributed by atoms with van der Waals surface area (Å²) in [6.07, 6.45) is -1.85. The van der Waals surface area contributed by atoms with Crippen LogP contribution in [0.5, 0.6) is 0 Å². The molecule has 16 heavy (non-hydrogen) atoms. The van der Waals surface area contributed by atoms with E-state index in [0.29, 0.717) is 6.54 Å². The summed E-state index contributed by atoms with van der Waals surface area (Å²) in [6, 6.07) is 0.153. The van der Waals surface area contributed by atoms with Crippen LogP contribution >= 0.6 is 0 Å². The van der Waals surface area contributed by atoms with Crippen molar-refractivity contribution in [1.82, 2.24) is 10.2 Å². The summed E-state index contributed by atoms with van der Waals surface area (Å²) in [4.78, 5) is 2.29. The van der Waals surface area contributed by atoms with Gasteiger partial charge in [0.2, 0.25) is 0 Å². The molecule has 0 radical (unpaired) electrons. The predicted octanol–water partition coefficient (Wildman–Crippen LogP) is 2.40. The Kier molecular flexibility index (Phi) is 4.23. The number of nitrogens with zero attached hydrogens (tertiary/aromatic N) is 1. The van der Waals surface area contributed by atoms with Crippen LogP contribution in [0.2, 0.25) is 0 Å². The molecule has 1 aliphatic heterocycles. The van der Waals surface area contributed by atoms with Gasteiger partial charge in [0, 0.05) is 18.1 Å². The molecule has 96 valence electrons. The molecular formula is C11H21F3N2. The maximum Gasteiger partial charge on any atom is 0.401 e. The second-order valence-corrected chi connectivity index (χ2v) is 5.20. The van der Waals surface area contributed by atoms with E-state index in [1.165, 1.54) is 0 Å². The topological polar surface area (TPSA) is 15.3 Å². The standard InChI is InChI=1S/C11H21F3N2/c1-9(7-15-8-11(12,13)14)16-6-4-5-10(16,2)3/h9,15H,4-8H2,1-3H3. The van der Waals surface area contributed by atoms with Crippen molar-refractivity contribution >= 4 is 0 Å². The monoisotopic (exact) mass is 238 g/mol. The Morgan fingerprint density at radius 1 is 1.38 bits per heavy atom. The van der Waals surface area contributed by atoms with Gasteiger partial charge in [-0.05, 0) is 40.2 Å². The first-order valence-electron chi connectivity index (χ1n) is 5.76. The summed E-state index contributed by atoms with van der Waals surface area (Å²) in [5.41, 5.74) is 0.124. The van der Waals surface area contributed by atoms with E-state index in [4.69, 9.17) is 0 Å². The average molecular weight is 238 g/mol. The van der Waals surface area contributed by atoms with E-state index in [9.17, 15) is 13.2 Å². The van der Waals surface area contributed by atoms with Crippen molar-refractivity contribution in [2.45, 2.75) is 51.4 Å². The molecule has 2 nitrogen and oxygen atoms in total. The zero-order chi connectivity index (χ0) is 12.4. The minimum absolute atomic E-state index is 0.124. The van der Waals surface area contributed by atoms with Gasteiger partial charge in [0.05, 0.1) is 6.54 Å². The Balaban J connectivity index is 2.33. The van der Waals surface area contributed by atoms with E-state index >= 15 is 0 Å². The van der Waals surface area contributed by atoms with Gasteiger partial charge in [0.1, 0.15) is 0 Å². The first-order valence-corrected chi connectivity index (χ1v) is 5.76. The van der Waals surface area contributed by atoms with Crippen LogP contribution in [-0.4, -0.2) is 42.3 Å². The van der Waals surface area contributed by atoms with Crippen molar-refractivity contribution in [3.8, 4) is 0 Å². The lowest BCUT2D eigenvalue weighted by Gasteiger charge is -2.36. The van der Waals surface area contributed by atoms with Gasteiger partial charge in [0.15, 0.2) is 0 Å². The minimum atomic E-state index is -4.11. The van der Waals surface area contributed by atoms with Crippen LogP contribution in [0.1, 0.15) is 33.6 Å². The summed E-state index contributed by atoms with van der Waals surface area (Å²) in [5.74, 6) is 0. The smallest absolute Gasteiger partial charge is 0.307 e. The quantitative estimate of drug-likeness (QED) is 0.809. The highest BCUT2D eigenvalue weighted by atomic mass is 19.4. The van der Waals surface area contributed by atoms with E-state index in [1.54, 1.807) is 0 Å². The summed E-state index contributed by atoms with van der Waals surface area (Å²) < 4.78 is 35.9. The Labute approximate surface area is 95.2 Å². The van der Waals surface area contributed by atoms with Crippen LogP contribution in [0, 0.1) is 0 Å². The van der Waals surface area contributed by atoms with Crippen molar-refractivity contribution in [3.63, 3.8) is 0 Å². The molecule has 1 fully saturated rings. The highest BCUT2D eigenvalue weighted by molar-refractivity contribution is 4.91. The van der Waals surface area contributed by atoms with Crippen LogP contribution in [0.15, 0.2) is 0 Å². The maximum atomic E-state index is 12.0. The van der Waals surface area contributed by atoms with Gasteiger partial charge in [-0.2, -0.15) is 13.2 Å². The fraction of sp³-hybridized carbons (Fsp3) is 1.00. The highest BCUT2D eigenvalue weighted by Crippen LogP contribution is 2.29. The third-order valence-electron chi connectivity index (χ3n) is 3.26. The molecule has 1 saturated heterocycles. The van der Waals surface area contributed by atoms with Gasteiger partial charge in [-0.25, -0.2) is 0 Å². The largest absolute Gasteiger partial charge is 0.401 e. The number of hydrogen-bond donors (Lipinski definition) is 1. The lowest BCUT2D eigenvalue weighted by molar-refractivity contribution is -0.125. The summed E-state index contributed by atoms with van der Waals surface area (Å²) in [6.45, 7) is 6.77. The fourth-order valence-electron chi connectivity index (χ4n) is 2.48. The highest BCUT2D eigenvalue weighted by Gasteiger charge is 2.35. The SMILES string of the molecule is CC(CNCC(F)(F)F)N1CCCC1(C)C. The van der Waals surface area contributed by atoms with Crippen LogP contribution < -0.4 is 5.32 Å². The zero-order valence-electron chi connectivity index (χ0n) is 10.2. The number of likely N-dealkylation sites (tertiary alicyclic amines) is 1. The lowest BCUT2D eigenvalue weighted by Crippen LogP contribution is -2.49. The van der Waals surface area contributed by atoms with E-state index < -0.39 is 12.7 Å². The number of rotatable bonds is 4. The summed E-state index contributed by atoms with van der Waals surface area (Å²) in [7, 11) is 0. The molecule has 0 aromatic heterocycles. The second-order valence-electron chi connectivity index (χ2n) is 5.20. The van der Waals surface area contributed by atoms with Crippen molar-refractivity contribution in [2.75, 3.05) is 19.6 Å². The predicted molar refractivity (Wildman–Crippen MR) is 58.4 cm³/mol. The molecule has 1 N–H and O–H groups in total. The number of nitrogens with one attached hydrogen (secondary N) is 1. The van der Waals surface area contributed by atoms with Crippen molar-refractivity contribution < 1.29 is 13.2 Å². The Hall–Kier alpha value is -0.290. The zero-order valence-corrected chi connectivity index (χ0v) is 10.2. The first kappa shape index (κ1) is 13.8. The fourth-order valence-corrected chi connectivity index (χ4v) is 2.48. The molecule has 1 unspecified atom stereocenters.